The summed E-state index contributed by atoms with van der Waals surface area (Å²) >= 11 is 1.53. The second-order valence-electron chi connectivity index (χ2n) is 3.63. The van der Waals surface area contributed by atoms with Crippen LogP contribution < -0.4 is 10.6 Å². The van der Waals surface area contributed by atoms with Gasteiger partial charge in [-0.25, -0.2) is 15.0 Å². The molecule has 0 amide bonds. The molecule has 9 heteroatoms. The molecule has 2 aromatic rings. The average Bonchev–Trinajstić information content (AvgIpc) is 2.81. The van der Waals surface area contributed by atoms with Crippen molar-refractivity contribution in [2.75, 3.05) is 17.7 Å². The number of anilines is 2. The molecule has 2 N–H and O–H groups in total. The van der Waals surface area contributed by atoms with Crippen molar-refractivity contribution >= 4 is 28.7 Å². The lowest BCUT2D eigenvalue weighted by Gasteiger charge is -2.06. The van der Waals surface area contributed by atoms with E-state index < -0.39 is 4.92 Å². The zero-order chi connectivity index (χ0) is 13.8. The Hall–Kier alpha value is -2.29. The minimum atomic E-state index is -0.508. The van der Waals surface area contributed by atoms with E-state index in [9.17, 15) is 10.1 Å². The molecule has 2 rings (SSSR count). The Morgan fingerprint density at radius 3 is 2.68 bits per heavy atom. The molecule has 0 saturated carbocycles. The quantitative estimate of drug-likeness (QED) is 0.635. The van der Waals surface area contributed by atoms with Gasteiger partial charge in [0.1, 0.15) is 6.33 Å². The Kier molecular flexibility index (Phi) is 3.85. The predicted octanol–water partition coefficient (Wildman–Crippen LogP) is 1.80. The maximum Gasteiger partial charge on any atom is 0.353 e. The normalized spacial score (nSPS) is 10.2. The summed E-state index contributed by atoms with van der Waals surface area (Å²) in [6.45, 7) is 2.34. The van der Waals surface area contributed by atoms with Crippen LogP contribution in [0.3, 0.4) is 0 Å². The summed E-state index contributed by atoms with van der Waals surface area (Å²) in [5, 5.41) is 17.6. The average molecular weight is 280 g/mol. The number of nitrogens with one attached hydrogen (secondary N) is 2. The zero-order valence-electron chi connectivity index (χ0n) is 10.4. The molecule has 19 heavy (non-hydrogen) atoms. The lowest BCUT2D eigenvalue weighted by atomic mass is 10.4. The smallest absolute Gasteiger partial charge is 0.353 e. The molecule has 0 aliphatic heterocycles. The van der Waals surface area contributed by atoms with Crippen molar-refractivity contribution in [2.45, 2.75) is 13.5 Å². The zero-order valence-corrected chi connectivity index (χ0v) is 11.2. The molecule has 2 heterocycles. The third kappa shape index (κ3) is 2.94. The molecule has 0 bridgehead atoms. The second-order valence-corrected chi connectivity index (χ2v) is 4.95. The maximum absolute atomic E-state index is 11.1. The molecular weight excluding hydrogens is 268 g/mol. The number of aromatic nitrogens is 3. The molecule has 0 aliphatic rings. The fourth-order valence-electron chi connectivity index (χ4n) is 1.52. The van der Waals surface area contributed by atoms with E-state index in [1.54, 1.807) is 13.2 Å². The number of nitro groups is 1. The molecular formula is C10H12N6O2S. The van der Waals surface area contributed by atoms with Crippen LogP contribution in [0.1, 0.15) is 9.88 Å². The van der Waals surface area contributed by atoms with Crippen LogP contribution >= 0.6 is 11.3 Å². The van der Waals surface area contributed by atoms with Crippen molar-refractivity contribution in [1.29, 1.82) is 0 Å². The van der Waals surface area contributed by atoms with E-state index in [0.717, 1.165) is 9.88 Å². The van der Waals surface area contributed by atoms with E-state index in [1.807, 2.05) is 6.92 Å². The SMILES string of the molecule is CNc1ncnc(NCc2cnc(C)s2)c1[N+](=O)[O-]. The van der Waals surface area contributed by atoms with Gasteiger partial charge in [-0.1, -0.05) is 0 Å². The van der Waals surface area contributed by atoms with Gasteiger partial charge < -0.3 is 10.6 Å². The molecule has 0 atom stereocenters. The van der Waals surface area contributed by atoms with Crippen molar-refractivity contribution in [3.63, 3.8) is 0 Å². The summed E-state index contributed by atoms with van der Waals surface area (Å²) in [6, 6.07) is 0. The van der Waals surface area contributed by atoms with Crippen LogP contribution in [0.25, 0.3) is 0 Å². The van der Waals surface area contributed by atoms with E-state index in [2.05, 4.69) is 25.6 Å². The number of rotatable bonds is 5. The summed E-state index contributed by atoms with van der Waals surface area (Å²) in [7, 11) is 1.58. The summed E-state index contributed by atoms with van der Waals surface area (Å²) in [5.41, 5.74) is -0.161. The highest BCUT2D eigenvalue weighted by Crippen LogP contribution is 2.28. The first kappa shape index (κ1) is 13.1. The minimum Gasteiger partial charge on any atom is -0.367 e. The standard InChI is InChI=1S/C10H12N6O2S/c1-6-12-3-7(19-6)4-13-10-8(16(17)18)9(11-2)14-5-15-10/h3,5H,4H2,1-2H3,(H2,11,13,14,15). The molecule has 0 saturated heterocycles. The van der Waals surface area contributed by atoms with E-state index in [-0.39, 0.29) is 17.3 Å². The van der Waals surface area contributed by atoms with E-state index in [0.29, 0.717) is 6.54 Å². The van der Waals surface area contributed by atoms with Gasteiger partial charge in [-0.05, 0) is 6.92 Å². The summed E-state index contributed by atoms with van der Waals surface area (Å²) < 4.78 is 0. The van der Waals surface area contributed by atoms with Crippen molar-refractivity contribution in [3.8, 4) is 0 Å². The van der Waals surface area contributed by atoms with Gasteiger partial charge in [-0.3, -0.25) is 10.1 Å². The third-order valence-electron chi connectivity index (χ3n) is 2.34. The first-order valence-electron chi connectivity index (χ1n) is 5.44. The topological polar surface area (TPSA) is 106 Å². The Bertz CT molecular complexity index is 599. The van der Waals surface area contributed by atoms with Gasteiger partial charge in [-0.2, -0.15) is 0 Å². The van der Waals surface area contributed by atoms with Gasteiger partial charge in [0.15, 0.2) is 0 Å². The van der Waals surface area contributed by atoms with Crippen LogP contribution in [0.15, 0.2) is 12.5 Å². The van der Waals surface area contributed by atoms with E-state index in [1.165, 1.54) is 17.7 Å². The summed E-state index contributed by atoms with van der Waals surface area (Å²) in [4.78, 5) is 23.4. The fourth-order valence-corrected chi connectivity index (χ4v) is 2.26. The van der Waals surface area contributed by atoms with Crippen LogP contribution in [0.5, 0.6) is 0 Å². The van der Waals surface area contributed by atoms with Gasteiger partial charge in [0, 0.05) is 18.1 Å². The minimum absolute atomic E-state index is 0.161. The summed E-state index contributed by atoms with van der Waals surface area (Å²) in [5.74, 6) is 0.374. The molecule has 100 valence electrons. The molecule has 8 nitrogen and oxygen atoms in total. The number of hydrogen-bond donors (Lipinski definition) is 2. The van der Waals surface area contributed by atoms with Gasteiger partial charge in [-0.15, -0.1) is 11.3 Å². The molecule has 0 unspecified atom stereocenters. The molecule has 0 aromatic carbocycles. The van der Waals surface area contributed by atoms with Crippen molar-refractivity contribution in [1.82, 2.24) is 15.0 Å². The fraction of sp³-hybridized carbons (Fsp3) is 0.300. The Morgan fingerprint density at radius 2 is 2.11 bits per heavy atom. The molecule has 0 aliphatic carbocycles. The number of thiazole rings is 1. The Morgan fingerprint density at radius 1 is 1.37 bits per heavy atom. The first-order valence-corrected chi connectivity index (χ1v) is 6.25. The monoisotopic (exact) mass is 280 g/mol. The van der Waals surface area contributed by atoms with Gasteiger partial charge in [0.25, 0.3) is 0 Å². The van der Waals surface area contributed by atoms with Gasteiger partial charge in [0.2, 0.25) is 11.6 Å². The molecule has 0 spiro atoms. The van der Waals surface area contributed by atoms with Crippen molar-refractivity contribution in [3.05, 3.63) is 32.5 Å². The number of nitrogens with zero attached hydrogens (tertiary/aromatic N) is 4. The molecule has 2 aromatic heterocycles. The van der Waals surface area contributed by atoms with Crippen LogP contribution in [-0.4, -0.2) is 26.9 Å². The van der Waals surface area contributed by atoms with Crippen molar-refractivity contribution in [2.24, 2.45) is 0 Å². The molecule has 0 radical (unpaired) electrons. The number of hydrogen-bond acceptors (Lipinski definition) is 8. The highest BCUT2D eigenvalue weighted by atomic mass is 32.1. The lowest BCUT2D eigenvalue weighted by Crippen LogP contribution is -2.07. The largest absolute Gasteiger partial charge is 0.367 e. The highest BCUT2D eigenvalue weighted by Gasteiger charge is 2.21. The van der Waals surface area contributed by atoms with Crippen LogP contribution in [-0.2, 0) is 6.54 Å². The predicted molar refractivity (Wildman–Crippen MR) is 72.4 cm³/mol. The lowest BCUT2D eigenvalue weighted by molar-refractivity contribution is -0.383. The Balaban J connectivity index is 2.22. The van der Waals surface area contributed by atoms with Gasteiger partial charge >= 0.3 is 5.69 Å². The number of aryl methyl sites for hydroxylation is 1. The van der Waals surface area contributed by atoms with Crippen LogP contribution in [0, 0.1) is 17.0 Å². The van der Waals surface area contributed by atoms with E-state index >= 15 is 0 Å². The van der Waals surface area contributed by atoms with Gasteiger partial charge in [0.05, 0.1) is 16.5 Å². The maximum atomic E-state index is 11.1. The second kappa shape index (κ2) is 5.57. The highest BCUT2D eigenvalue weighted by molar-refractivity contribution is 7.11. The van der Waals surface area contributed by atoms with E-state index in [4.69, 9.17) is 0 Å². The van der Waals surface area contributed by atoms with Crippen LogP contribution in [0.4, 0.5) is 17.3 Å². The van der Waals surface area contributed by atoms with Crippen LogP contribution in [0.2, 0.25) is 0 Å². The summed E-state index contributed by atoms with van der Waals surface area (Å²) in [6.07, 6.45) is 3.01. The molecule has 0 fully saturated rings. The van der Waals surface area contributed by atoms with Crippen molar-refractivity contribution < 1.29 is 4.92 Å². The third-order valence-corrected chi connectivity index (χ3v) is 3.25. The Labute approximate surface area is 113 Å². The first-order chi connectivity index (χ1) is 9.11.